The van der Waals surface area contributed by atoms with E-state index in [1.165, 1.54) is 11.3 Å². The van der Waals surface area contributed by atoms with Crippen LogP contribution in [0, 0.1) is 0 Å². The monoisotopic (exact) mass is 312 g/mol. The molecule has 0 radical (unpaired) electrons. The van der Waals surface area contributed by atoms with Crippen molar-refractivity contribution in [2.45, 2.75) is 0 Å². The lowest BCUT2D eigenvalue weighted by atomic mass is 10.2. The molecule has 21 heavy (non-hydrogen) atoms. The van der Waals surface area contributed by atoms with Crippen molar-refractivity contribution in [1.82, 2.24) is 9.38 Å². The maximum atomic E-state index is 12.6. The van der Waals surface area contributed by atoms with Crippen molar-refractivity contribution in [3.05, 3.63) is 74.0 Å². The number of nitrogens with zero attached hydrogens (tertiary/aromatic N) is 2. The average Bonchev–Trinajstić information content (AvgIpc) is 2.99. The Morgan fingerprint density at radius 2 is 1.86 bits per heavy atom. The molecule has 0 fully saturated rings. The van der Waals surface area contributed by atoms with E-state index in [4.69, 9.17) is 11.6 Å². The number of para-hydroxylation sites is 2. The van der Waals surface area contributed by atoms with Crippen LogP contribution in [0.5, 0.6) is 0 Å². The smallest absolute Gasteiger partial charge is 0.267 e. The average molecular weight is 313 g/mol. The maximum absolute atomic E-state index is 12.6. The van der Waals surface area contributed by atoms with Crippen LogP contribution in [0.25, 0.3) is 22.1 Å². The van der Waals surface area contributed by atoms with Gasteiger partial charge in [-0.25, -0.2) is 9.38 Å². The summed E-state index contributed by atoms with van der Waals surface area (Å²) in [5.74, 6) is 0. The van der Waals surface area contributed by atoms with Gasteiger partial charge in [-0.2, -0.15) is 0 Å². The number of benzene rings is 2. The van der Waals surface area contributed by atoms with Gasteiger partial charge in [-0.1, -0.05) is 53.3 Å². The number of aromatic nitrogens is 2. The summed E-state index contributed by atoms with van der Waals surface area (Å²) < 4.78 is 2.29. The quantitative estimate of drug-likeness (QED) is 0.541. The van der Waals surface area contributed by atoms with Crippen LogP contribution >= 0.6 is 22.9 Å². The topological polar surface area (TPSA) is 34.4 Å². The second-order valence-electron chi connectivity index (χ2n) is 4.66. The molecule has 0 aliphatic carbocycles. The normalized spacial score (nSPS) is 12.5. The molecule has 102 valence electrons. The minimum atomic E-state index is -0.0522. The Labute approximate surface area is 128 Å². The SMILES string of the molecule is O=c1/c(=C/c2ccccc2Cl)sc2nc3ccccc3n12. The molecule has 0 saturated carbocycles. The highest BCUT2D eigenvalue weighted by Gasteiger charge is 2.10. The maximum Gasteiger partial charge on any atom is 0.274 e. The van der Waals surface area contributed by atoms with Gasteiger partial charge in [0.25, 0.3) is 5.56 Å². The highest BCUT2D eigenvalue weighted by Crippen LogP contribution is 2.17. The van der Waals surface area contributed by atoms with Gasteiger partial charge in [0.1, 0.15) is 0 Å². The van der Waals surface area contributed by atoms with Crippen LogP contribution in [-0.2, 0) is 0 Å². The Hall–Kier alpha value is -2.17. The molecule has 0 amide bonds. The fraction of sp³-hybridized carbons (Fsp3) is 0. The second kappa shape index (κ2) is 4.69. The van der Waals surface area contributed by atoms with Gasteiger partial charge in [-0.3, -0.25) is 4.79 Å². The summed E-state index contributed by atoms with van der Waals surface area (Å²) >= 11 is 7.52. The summed E-state index contributed by atoms with van der Waals surface area (Å²) in [5, 5.41) is 0.632. The highest BCUT2D eigenvalue weighted by molar-refractivity contribution is 7.15. The summed E-state index contributed by atoms with van der Waals surface area (Å²) in [7, 11) is 0. The molecule has 2 heterocycles. The van der Waals surface area contributed by atoms with Gasteiger partial charge < -0.3 is 0 Å². The zero-order valence-electron chi connectivity index (χ0n) is 10.8. The Bertz CT molecular complexity index is 1080. The van der Waals surface area contributed by atoms with E-state index in [0.29, 0.717) is 14.5 Å². The van der Waals surface area contributed by atoms with Crippen LogP contribution in [0.4, 0.5) is 0 Å². The van der Waals surface area contributed by atoms with Crippen LogP contribution in [0.1, 0.15) is 5.56 Å². The molecular weight excluding hydrogens is 304 g/mol. The van der Waals surface area contributed by atoms with Crippen LogP contribution in [0.2, 0.25) is 5.02 Å². The zero-order valence-corrected chi connectivity index (χ0v) is 12.4. The number of fused-ring (bicyclic) bond motifs is 3. The van der Waals surface area contributed by atoms with Crippen LogP contribution < -0.4 is 10.1 Å². The van der Waals surface area contributed by atoms with Crippen LogP contribution in [0.3, 0.4) is 0 Å². The number of hydrogen-bond acceptors (Lipinski definition) is 3. The highest BCUT2D eigenvalue weighted by atomic mass is 35.5. The first kappa shape index (κ1) is 12.6. The minimum Gasteiger partial charge on any atom is -0.267 e. The number of hydrogen-bond donors (Lipinski definition) is 0. The van der Waals surface area contributed by atoms with Crippen molar-refractivity contribution in [1.29, 1.82) is 0 Å². The molecule has 4 rings (SSSR count). The van der Waals surface area contributed by atoms with E-state index in [0.717, 1.165) is 16.6 Å². The van der Waals surface area contributed by atoms with Gasteiger partial charge in [-0.15, -0.1) is 0 Å². The van der Waals surface area contributed by atoms with Crippen molar-refractivity contribution in [2.75, 3.05) is 0 Å². The molecule has 2 aromatic heterocycles. The third kappa shape index (κ3) is 1.95. The van der Waals surface area contributed by atoms with Gasteiger partial charge in [0.15, 0.2) is 4.96 Å². The van der Waals surface area contributed by atoms with Gasteiger partial charge >= 0.3 is 0 Å². The molecular formula is C16H9ClN2OS. The Balaban J connectivity index is 2.06. The molecule has 3 nitrogen and oxygen atoms in total. The summed E-state index contributed by atoms with van der Waals surface area (Å²) in [4.78, 5) is 17.8. The summed E-state index contributed by atoms with van der Waals surface area (Å²) in [6, 6.07) is 15.1. The van der Waals surface area contributed by atoms with E-state index in [1.54, 1.807) is 4.40 Å². The minimum absolute atomic E-state index is 0.0522. The Kier molecular flexibility index (Phi) is 2.80. The lowest BCUT2D eigenvalue weighted by Crippen LogP contribution is -2.22. The molecule has 0 unspecified atom stereocenters. The van der Waals surface area contributed by atoms with E-state index in [2.05, 4.69) is 4.98 Å². The number of halogens is 1. The molecule has 0 spiro atoms. The van der Waals surface area contributed by atoms with Gasteiger partial charge in [0.05, 0.1) is 15.6 Å². The third-order valence-electron chi connectivity index (χ3n) is 3.34. The molecule has 0 aliphatic heterocycles. The molecule has 0 saturated heterocycles. The lowest BCUT2D eigenvalue weighted by molar-refractivity contribution is 1.19. The zero-order chi connectivity index (χ0) is 14.4. The Morgan fingerprint density at radius 3 is 2.71 bits per heavy atom. The summed E-state index contributed by atoms with van der Waals surface area (Å²) in [5.41, 5.74) is 2.46. The first-order valence-corrected chi connectivity index (χ1v) is 7.60. The van der Waals surface area contributed by atoms with Crippen LogP contribution in [0.15, 0.2) is 53.3 Å². The number of rotatable bonds is 1. The summed E-state index contributed by atoms with van der Waals surface area (Å²) in [6.07, 6.45) is 1.82. The first-order valence-electron chi connectivity index (χ1n) is 6.40. The molecule has 0 atom stereocenters. The summed E-state index contributed by atoms with van der Waals surface area (Å²) in [6.45, 7) is 0. The molecule has 0 N–H and O–H groups in total. The van der Waals surface area contributed by atoms with E-state index in [1.807, 2.05) is 54.6 Å². The number of thiazole rings is 1. The van der Waals surface area contributed by atoms with Gasteiger partial charge in [0, 0.05) is 5.02 Å². The molecule has 4 aromatic rings. The largest absolute Gasteiger partial charge is 0.274 e. The van der Waals surface area contributed by atoms with E-state index >= 15 is 0 Å². The van der Waals surface area contributed by atoms with Crippen molar-refractivity contribution in [3.8, 4) is 0 Å². The molecule has 0 aliphatic rings. The molecule has 2 aromatic carbocycles. The van der Waals surface area contributed by atoms with Crippen molar-refractivity contribution in [3.63, 3.8) is 0 Å². The van der Waals surface area contributed by atoms with Crippen LogP contribution in [-0.4, -0.2) is 9.38 Å². The molecule has 5 heteroatoms. The van der Waals surface area contributed by atoms with Crippen molar-refractivity contribution in [2.24, 2.45) is 0 Å². The first-order chi connectivity index (χ1) is 10.2. The number of imidazole rings is 1. The molecule has 0 bridgehead atoms. The predicted octanol–water partition coefficient (Wildman–Crippen LogP) is 3.11. The fourth-order valence-electron chi connectivity index (χ4n) is 2.35. The third-order valence-corrected chi connectivity index (χ3v) is 4.65. The van der Waals surface area contributed by atoms with Gasteiger partial charge in [-0.05, 0) is 29.8 Å². The van der Waals surface area contributed by atoms with Gasteiger partial charge in [0.2, 0.25) is 0 Å². The fourth-order valence-corrected chi connectivity index (χ4v) is 3.51. The van der Waals surface area contributed by atoms with E-state index in [9.17, 15) is 4.79 Å². The van der Waals surface area contributed by atoms with E-state index in [-0.39, 0.29) is 5.56 Å². The predicted molar refractivity (Wildman–Crippen MR) is 87.1 cm³/mol. The van der Waals surface area contributed by atoms with Crippen molar-refractivity contribution >= 4 is 45.0 Å². The van der Waals surface area contributed by atoms with Crippen molar-refractivity contribution < 1.29 is 0 Å². The standard InChI is InChI=1S/C16H9ClN2OS/c17-11-6-2-1-5-10(11)9-14-15(20)19-13-8-4-3-7-12(13)18-16(19)21-14/h1-9H/b14-9-. The lowest BCUT2D eigenvalue weighted by Gasteiger charge is -1.94. The van der Waals surface area contributed by atoms with E-state index < -0.39 is 0 Å². The second-order valence-corrected chi connectivity index (χ2v) is 6.07. The Morgan fingerprint density at radius 1 is 1.10 bits per heavy atom.